The summed E-state index contributed by atoms with van der Waals surface area (Å²) in [6.45, 7) is 3.40. The Kier molecular flexibility index (Phi) is 6.08. The zero-order valence-corrected chi connectivity index (χ0v) is 13.7. The lowest BCUT2D eigenvalue weighted by atomic mass is 10.2. The van der Waals surface area contributed by atoms with Crippen LogP contribution in [-0.4, -0.2) is 58.8 Å². The summed E-state index contributed by atoms with van der Waals surface area (Å²) in [6, 6.07) is 0. The van der Waals surface area contributed by atoms with Crippen LogP contribution in [0.25, 0.3) is 10.2 Å². The van der Waals surface area contributed by atoms with Gasteiger partial charge < -0.3 is 20.5 Å². The van der Waals surface area contributed by atoms with E-state index in [4.69, 9.17) is 15.6 Å². The molecule has 23 heavy (non-hydrogen) atoms. The normalized spacial score (nSPS) is 11.0. The highest BCUT2D eigenvalue weighted by molar-refractivity contribution is 7.17. The summed E-state index contributed by atoms with van der Waals surface area (Å²) in [5, 5.41) is 10.8. The second-order valence-electron chi connectivity index (χ2n) is 4.91. The SMILES string of the molecule is CCCOCCN(CCO)C(=O)c1csc2c(=O)[nH]c(N)nc12. The maximum absolute atomic E-state index is 12.7. The predicted octanol–water partition coefficient (Wildman–Crippen LogP) is 0.428. The van der Waals surface area contributed by atoms with E-state index in [1.54, 1.807) is 5.38 Å². The average Bonchev–Trinajstić information content (AvgIpc) is 2.93. The van der Waals surface area contributed by atoms with Gasteiger partial charge in [0, 0.05) is 25.1 Å². The number of aliphatic hydroxyl groups is 1. The molecule has 0 radical (unpaired) electrons. The number of amides is 1. The van der Waals surface area contributed by atoms with Crippen molar-refractivity contribution < 1.29 is 14.6 Å². The number of anilines is 1. The van der Waals surface area contributed by atoms with Gasteiger partial charge in [0.05, 0.1) is 18.8 Å². The van der Waals surface area contributed by atoms with Gasteiger partial charge in [-0.25, -0.2) is 4.98 Å². The molecule has 0 aliphatic rings. The molecule has 8 nitrogen and oxygen atoms in total. The Hall–Kier alpha value is -1.97. The summed E-state index contributed by atoms with van der Waals surface area (Å²) >= 11 is 1.14. The largest absolute Gasteiger partial charge is 0.395 e. The topological polar surface area (TPSA) is 122 Å². The predicted molar refractivity (Wildman–Crippen MR) is 88.8 cm³/mol. The van der Waals surface area contributed by atoms with E-state index in [1.807, 2.05) is 6.92 Å². The van der Waals surface area contributed by atoms with Crippen molar-refractivity contribution in [1.29, 1.82) is 0 Å². The van der Waals surface area contributed by atoms with Crippen LogP contribution in [0.2, 0.25) is 0 Å². The van der Waals surface area contributed by atoms with Gasteiger partial charge >= 0.3 is 0 Å². The average molecular weight is 340 g/mol. The van der Waals surface area contributed by atoms with Crippen LogP contribution in [0.5, 0.6) is 0 Å². The number of nitrogens with one attached hydrogen (secondary N) is 1. The Morgan fingerprint density at radius 2 is 2.26 bits per heavy atom. The van der Waals surface area contributed by atoms with Gasteiger partial charge in [-0.2, -0.15) is 0 Å². The standard InChI is InChI=1S/C14H20N4O4S/c1-2-6-22-7-4-18(3-5-19)13(21)9-8-23-11-10(9)16-14(15)17-12(11)20/h8,19H,2-7H2,1H3,(H3,15,16,17,20). The number of hydrogen-bond acceptors (Lipinski definition) is 7. The molecule has 2 heterocycles. The van der Waals surface area contributed by atoms with Gasteiger partial charge in [-0.05, 0) is 6.42 Å². The van der Waals surface area contributed by atoms with Crippen molar-refractivity contribution in [1.82, 2.24) is 14.9 Å². The molecule has 0 bridgehead atoms. The Morgan fingerprint density at radius 3 is 2.96 bits per heavy atom. The van der Waals surface area contributed by atoms with Gasteiger partial charge in [-0.1, -0.05) is 6.92 Å². The Balaban J connectivity index is 2.24. The molecule has 0 saturated carbocycles. The van der Waals surface area contributed by atoms with Gasteiger partial charge in [0.15, 0.2) is 0 Å². The molecule has 0 atom stereocenters. The van der Waals surface area contributed by atoms with Crippen LogP contribution in [0.15, 0.2) is 10.2 Å². The number of thiophene rings is 1. The summed E-state index contributed by atoms with van der Waals surface area (Å²) in [5.74, 6) is -0.335. The quantitative estimate of drug-likeness (QED) is 0.599. The number of nitrogen functional groups attached to an aromatic ring is 1. The third-order valence-electron chi connectivity index (χ3n) is 3.19. The number of hydrogen-bond donors (Lipinski definition) is 3. The van der Waals surface area contributed by atoms with Crippen molar-refractivity contribution >= 4 is 33.4 Å². The second kappa shape index (κ2) is 8.04. The summed E-state index contributed by atoms with van der Waals surface area (Å²) in [4.78, 5) is 32.4. The van der Waals surface area contributed by atoms with Gasteiger partial charge in [0.1, 0.15) is 10.2 Å². The summed E-state index contributed by atoms with van der Waals surface area (Å²) < 4.78 is 5.74. The Bertz CT molecular complexity index is 727. The third kappa shape index (κ3) is 4.06. The molecule has 4 N–H and O–H groups in total. The number of H-pyrrole nitrogens is 1. The Morgan fingerprint density at radius 1 is 1.48 bits per heavy atom. The van der Waals surface area contributed by atoms with Crippen molar-refractivity contribution in [2.75, 3.05) is 38.6 Å². The highest BCUT2D eigenvalue weighted by Crippen LogP contribution is 2.22. The lowest BCUT2D eigenvalue weighted by molar-refractivity contribution is 0.0604. The monoisotopic (exact) mass is 340 g/mol. The molecule has 126 valence electrons. The lowest BCUT2D eigenvalue weighted by Crippen LogP contribution is -2.36. The van der Waals surface area contributed by atoms with Crippen LogP contribution in [0.3, 0.4) is 0 Å². The molecule has 9 heteroatoms. The minimum Gasteiger partial charge on any atom is -0.395 e. The molecular weight excluding hydrogens is 320 g/mol. The number of aliphatic hydroxyl groups excluding tert-OH is 1. The van der Waals surface area contributed by atoms with Gasteiger partial charge in [0.25, 0.3) is 11.5 Å². The minimum absolute atomic E-state index is 0.0325. The van der Waals surface area contributed by atoms with Gasteiger partial charge in [-0.15, -0.1) is 11.3 Å². The first-order valence-electron chi connectivity index (χ1n) is 7.33. The minimum atomic E-state index is -0.364. The number of nitrogens with zero attached hydrogens (tertiary/aromatic N) is 2. The molecule has 0 unspecified atom stereocenters. The zero-order valence-electron chi connectivity index (χ0n) is 12.9. The molecule has 0 aliphatic heterocycles. The van der Waals surface area contributed by atoms with E-state index >= 15 is 0 Å². The molecule has 1 amide bonds. The van der Waals surface area contributed by atoms with Crippen LogP contribution in [-0.2, 0) is 4.74 Å². The fraction of sp³-hybridized carbons (Fsp3) is 0.500. The van der Waals surface area contributed by atoms with E-state index in [-0.39, 0.29) is 30.6 Å². The third-order valence-corrected chi connectivity index (χ3v) is 4.15. The van der Waals surface area contributed by atoms with E-state index in [0.717, 1.165) is 17.8 Å². The number of rotatable bonds is 8. The summed E-state index contributed by atoms with van der Waals surface area (Å²) in [7, 11) is 0. The number of aromatic amines is 1. The van der Waals surface area contributed by atoms with Crippen LogP contribution >= 0.6 is 11.3 Å². The molecule has 0 spiro atoms. The van der Waals surface area contributed by atoms with Crippen LogP contribution in [0.4, 0.5) is 5.95 Å². The van der Waals surface area contributed by atoms with Crippen LogP contribution in [0.1, 0.15) is 23.7 Å². The number of fused-ring (bicyclic) bond motifs is 1. The highest BCUT2D eigenvalue weighted by atomic mass is 32.1. The summed E-state index contributed by atoms with van der Waals surface area (Å²) in [5.41, 5.74) is 5.79. The second-order valence-corrected chi connectivity index (χ2v) is 5.79. The maximum atomic E-state index is 12.7. The maximum Gasteiger partial charge on any atom is 0.270 e. The van der Waals surface area contributed by atoms with E-state index in [9.17, 15) is 9.59 Å². The fourth-order valence-corrected chi connectivity index (χ4v) is 3.00. The molecule has 0 fully saturated rings. The molecule has 0 aromatic carbocycles. The first kappa shape index (κ1) is 17.4. The fourth-order valence-electron chi connectivity index (χ4n) is 2.12. The Labute approximate surface area is 136 Å². The van der Waals surface area contributed by atoms with Crippen molar-refractivity contribution in [2.24, 2.45) is 0 Å². The van der Waals surface area contributed by atoms with Crippen LogP contribution < -0.4 is 11.3 Å². The van der Waals surface area contributed by atoms with E-state index in [2.05, 4.69) is 9.97 Å². The molecular formula is C14H20N4O4S. The smallest absolute Gasteiger partial charge is 0.270 e. The first-order valence-corrected chi connectivity index (χ1v) is 8.21. The number of nitrogens with two attached hydrogens (primary N) is 1. The van der Waals surface area contributed by atoms with Gasteiger partial charge in [0.2, 0.25) is 5.95 Å². The van der Waals surface area contributed by atoms with E-state index in [1.165, 1.54) is 4.90 Å². The van der Waals surface area contributed by atoms with Crippen molar-refractivity contribution in [3.05, 3.63) is 21.3 Å². The summed E-state index contributed by atoms with van der Waals surface area (Å²) in [6.07, 6.45) is 0.898. The molecule has 0 aliphatic carbocycles. The number of carbonyl (C=O) groups excluding carboxylic acids is 1. The number of carbonyl (C=O) groups is 1. The first-order chi connectivity index (χ1) is 11.1. The lowest BCUT2D eigenvalue weighted by Gasteiger charge is -2.21. The van der Waals surface area contributed by atoms with Crippen molar-refractivity contribution in [3.63, 3.8) is 0 Å². The number of ether oxygens (including phenoxy) is 1. The molecule has 2 aromatic rings. The molecule has 2 aromatic heterocycles. The van der Waals surface area contributed by atoms with Gasteiger partial charge in [-0.3, -0.25) is 14.6 Å². The van der Waals surface area contributed by atoms with E-state index in [0.29, 0.717) is 35.5 Å². The van der Waals surface area contributed by atoms with E-state index < -0.39 is 0 Å². The van der Waals surface area contributed by atoms with Crippen LogP contribution in [0, 0.1) is 0 Å². The number of aromatic nitrogens is 2. The van der Waals surface area contributed by atoms with Crippen molar-refractivity contribution in [2.45, 2.75) is 13.3 Å². The van der Waals surface area contributed by atoms with Crippen molar-refractivity contribution in [3.8, 4) is 0 Å². The molecule has 2 rings (SSSR count). The highest BCUT2D eigenvalue weighted by Gasteiger charge is 2.21. The zero-order chi connectivity index (χ0) is 16.8. The molecule has 0 saturated heterocycles.